The van der Waals surface area contributed by atoms with Crippen molar-refractivity contribution in [2.75, 3.05) is 32.8 Å². The van der Waals surface area contributed by atoms with Gasteiger partial charge in [0.25, 0.3) is 0 Å². The highest BCUT2D eigenvalue weighted by atomic mass is 16.3. The van der Waals surface area contributed by atoms with Crippen molar-refractivity contribution >= 4 is 0 Å². The van der Waals surface area contributed by atoms with E-state index in [-0.39, 0.29) is 12.1 Å². The standard InChI is InChI=1S/C11H23N3O/c12-9-11(13-5-8-15)4-7-14-6-2-1-3-10(11)14/h10,13,15H,1-9,12H2. The van der Waals surface area contributed by atoms with Crippen molar-refractivity contribution < 1.29 is 5.11 Å². The molecule has 0 aromatic carbocycles. The lowest BCUT2D eigenvalue weighted by Crippen LogP contribution is -2.60. The average Bonchev–Trinajstić information content (AvgIpc) is 2.66. The Bertz CT molecular complexity index is 212. The van der Waals surface area contributed by atoms with E-state index >= 15 is 0 Å². The second-order valence-electron chi connectivity index (χ2n) is 4.81. The summed E-state index contributed by atoms with van der Waals surface area (Å²) in [5.74, 6) is 0. The van der Waals surface area contributed by atoms with Crippen LogP contribution >= 0.6 is 0 Å². The number of nitrogens with zero attached hydrogens (tertiary/aromatic N) is 1. The monoisotopic (exact) mass is 213 g/mol. The summed E-state index contributed by atoms with van der Waals surface area (Å²) in [6.45, 7) is 3.96. The van der Waals surface area contributed by atoms with Crippen LogP contribution < -0.4 is 11.1 Å². The van der Waals surface area contributed by atoms with Gasteiger partial charge in [0.15, 0.2) is 0 Å². The van der Waals surface area contributed by atoms with E-state index in [0.717, 1.165) is 6.42 Å². The summed E-state index contributed by atoms with van der Waals surface area (Å²) in [4.78, 5) is 2.57. The molecular weight excluding hydrogens is 190 g/mol. The van der Waals surface area contributed by atoms with Gasteiger partial charge in [-0.3, -0.25) is 4.90 Å². The van der Waals surface area contributed by atoms with E-state index in [2.05, 4.69) is 10.2 Å². The number of aliphatic hydroxyl groups is 1. The fourth-order valence-corrected chi connectivity index (χ4v) is 3.22. The van der Waals surface area contributed by atoms with E-state index in [1.54, 1.807) is 0 Å². The molecule has 0 aliphatic carbocycles. The third-order valence-corrected chi connectivity index (χ3v) is 4.05. The van der Waals surface area contributed by atoms with Gasteiger partial charge in [0.1, 0.15) is 0 Å². The Balaban J connectivity index is 2.04. The quantitative estimate of drug-likeness (QED) is 0.590. The largest absolute Gasteiger partial charge is 0.395 e. The van der Waals surface area contributed by atoms with Crippen LogP contribution in [0.25, 0.3) is 0 Å². The molecule has 2 rings (SSSR count). The summed E-state index contributed by atoms with van der Waals surface area (Å²) in [5.41, 5.74) is 6.02. The van der Waals surface area contributed by atoms with Crippen molar-refractivity contribution in [3.63, 3.8) is 0 Å². The van der Waals surface area contributed by atoms with Crippen LogP contribution in [0.5, 0.6) is 0 Å². The molecule has 2 aliphatic heterocycles. The zero-order valence-electron chi connectivity index (χ0n) is 9.41. The van der Waals surface area contributed by atoms with Crippen LogP contribution in [0.1, 0.15) is 25.7 Å². The van der Waals surface area contributed by atoms with Crippen LogP contribution in [-0.4, -0.2) is 54.4 Å². The summed E-state index contributed by atoms with van der Waals surface area (Å²) >= 11 is 0. The van der Waals surface area contributed by atoms with Gasteiger partial charge in [0.05, 0.1) is 6.61 Å². The van der Waals surface area contributed by atoms with Crippen LogP contribution in [0.4, 0.5) is 0 Å². The summed E-state index contributed by atoms with van der Waals surface area (Å²) in [6.07, 6.45) is 5.05. The van der Waals surface area contributed by atoms with Gasteiger partial charge in [-0.25, -0.2) is 0 Å². The number of fused-ring (bicyclic) bond motifs is 1. The Hall–Kier alpha value is -0.160. The fraction of sp³-hybridized carbons (Fsp3) is 1.00. The van der Waals surface area contributed by atoms with Gasteiger partial charge in [-0.2, -0.15) is 0 Å². The zero-order chi connectivity index (χ0) is 10.7. The van der Waals surface area contributed by atoms with E-state index in [4.69, 9.17) is 10.8 Å². The predicted octanol–water partition coefficient (Wildman–Crippen LogP) is -0.476. The minimum atomic E-state index is 0.0726. The summed E-state index contributed by atoms with van der Waals surface area (Å²) < 4.78 is 0. The SMILES string of the molecule is NCC1(NCCO)CCN2CCCCC21. The fourth-order valence-electron chi connectivity index (χ4n) is 3.22. The molecule has 88 valence electrons. The summed E-state index contributed by atoms with van der Waals surface area (Å²) in [7, 11) is 0. The summed E-state index contributed by atoms with van der Waals surface area (Å²) in [5, 5.41) is 12.4. The molecule has 0 saturated carbocycles. The number of nitrogens with two attached hydrogens (primary N) is 1. The maximum Gasteiger partial charge on any atom is 0.0556 e. The molecule has 4 N–H and O–H groups in total. The topological polar surface area (TPSA) is 61.5 Å². The van der Waals surface area contributed by atoms with Gasteiger partial charge in [-0.15, -0.1) is 0 Å². The van der Waals surface area contributed by atoms with Crippen LogP contribution in [0.2, 0.25) is 0 Å². The molecule has 4 nitrogen and oxygen atoms in total. The molecule has 4 heteroatoms. The van der Waals surface area contributed by atoms with Gasteiger partial charge in [-0.1, -0.05) is 6.42 Å². The lowest BCUT2D eigenvalue weighted by molar-refractivity contribution is 0.135. The Morgan fingerprint density at radius 3 is 3.00 bits per heavy atom. The normalized spacial score (nSPS) is 36.8. The third-order valence-electron chi connectivity index (χ3n) is 4.05. The zero-order valence-corrected chi connectivity index (χ0v) is 9.41. The molecule has 2 unspecified atom stereocenters. The molecule has 0 amide bonds. The number of hydrogen-bond donors (Lipinski definition) is 3. The minimum absolute atomic E-state index is 0.0726. The Morgan fingerprint density at radius 1 is 1.40 bits per heavy atom. The van der Waals surface area contributed by atoms with Crippen molar-refractivity contribution in [2.45, 2.75) is 37.3 Å². The van der Waals surface area contributed by atoms with Gasteiger partial charge < -0.3 is 16.2 Å². The first-order valence-electron chi connectivity index (χ1n) is 6.12. The van der Waals surface area contributed by atoms with Crippen molar-refractivity contribution in [3.05, 3.63) is 0 Å². The van der Waals surface area contributed by atoms with Gasteiger partial charge in [0.2, 0.25) is 0 Å². The van der Waals surface area contributed by atoms with E-state index in [0.29, 0.717) is 19.1 Å². The molecule has 15 heavy (non-hydrogen) atoms. The second kappa shape index (κ2) is 4.78. The van der Waals surface area contributed by atoms with E-state index < -0.39 is 0 Å². The molecule has 0 aromatic rings. The van der Waals surface area contributed by atoms with Crippen LogP contribution in [0.15, 0.2) is 0 Å². The lowest BCUT2D eigenvalue weighted by atomic mass is 9.85. The summed E-state index contributed by atoms with van der Waals surface area (Å²) in [6, 6.07) is 0.600. The first-order chi connectivity index (χ1) is 7.32. The molecule has 2 atom stereocenters. The molecule has 0 radical (unpaired) electrons. The molecule has 0 bridgehead atoms. The average molecular weight is 213 g/mol. The number of hydrogen-bond acceptors (Lipinski definition) is 4. The van der Waals surface area contributed by atoms with E-state index in [1.165, 1.54) is 32.4 Å². The maximum atomic E-state index is 8.92. The molecule has 0 aromatic heterocycles. The molecular formula is C11H23N3O. The molecule has 2 fully saturated rings. The highest BCUT2D eigenvalue weighted by Crippen LogP contribution is 2.34. The van der Waals surface area contributed by atoms with E-state index in [9.17, 15) is 0 Å². The minimum Gasteiger partial charge on any atom is -0.395 e. The second-order valence-corrected chi connectivity index (χ2v) is 4.81. The third kappa shape index (κ3) is 2.04. The number of rotatable bonds is 4. The Morgan fingerprint density at radius 2 is 2.27 bits per heavy atom. The Labute approximate surface area is 91.8 Å². The predicted molar refractivity (Wildman–Crippen MR) is 60.7 cm³/mol. The van der Waals surface area contributed by atoms with Crippen LogP contribution in [0, 0.1) is 0 Å². The van der Waals surface area contributed by atoms with Crippen LogP contribution in [-0.2, 0) is 0 Å². The maximum absolute atomic E-state index is 8.92. The van der Waals surface area contributed by atoms with Crippen molar-refractivity contribution in [3.8, 4) is 0 Å². The highest BCUT2D eigenvalue weighted by molar-refractivity contribution is 5.07. The first kappa shape index (κ1) is 11.3. The number of piperidine rings is 1. The van der Waals surface area contributed by atoms with Crippen molar-refractivity contribution in [2.24, 2.45) is 5.73 Å². The van der Waals surface area contributed by atoms with E-state index in [1.807, 2.05) is 0 Å². The van der Waals surface area contributed by atoms with Crippen molar-refractivity contribution in [1.29, 1.82) is 0 Å². The molecule has 2 aliphatic rings. The first-order valence-corrected chi connectivity index (χ1v) is 6.12. The number of β-amino-alcohol motifs (C(OH)–C–C–N with tert-alkyl or cyclic N) is 1. The van der Waals surface area contributed by atoms with Crippen molar-refractivity contribution in [1.82, 2.24) is 10.2 Å². The van der Waals surface area contributed by atoms with Gasteiger partial charge >= 0.3 is 0 Å². The Kier molecular flexibility index (Phi) is 3.61. The van der Waals surface area contributed by atoms with Crippen LogP contribution in [0.3, 0.4) is 0 Å². The van der Waals surface area contributed by atoms with Gasteiger partial charge in [0, 0.05) is 31.2 Å². The van der Waals surface area contributed by atoms with Gasteiger partial charge in [-0.05, 0) is 25.8 Å². The molecule has 2 heterocycles. The lowest BCUT2D eigenvalue weighted by Gasteiger charge is -2.40. The number of nitrogens with one attached hydrogen (secondary N) is 1. The highest BCUT2D eigenvalue weighted by Gasteiger charge is 2.46. The molecule has 0 spiro atoms. The molecule has 2 saturated heterocycles. The smallest absolute Gasteiger partial charge is 0.0556 e. The number of aliphatic hydroxyl groups excluding tert-OH is 1.